The van der Waals surface area contributed by atoms with E-state index in [1.54, 1.807) is 0 Å². The zero-order valence-corrected chi connectivity index (χ0v) is 13.1. The Labute approximate surface area is 126 Å². The fourth-order valence-electron chi connectivity index (χ4n) is 2.51. The standard InChI is InChI=1S/C18H21BO2/c1-13(19-20-17(2,3)18(4,5)21-19)15-11-10-14-8-6-7-9-16(14)12-15/h6-12H,1H2,2-5H3. The van der Waals surface area contributed by atoms with Crippen LogP contribution >= 0.6 is 0 Å². The Morgan fingerprint density at radius 2 is 1.48 bits per heavy atom. The van der Waals surface area contributed by atoms with Crippen molar-refractivity contribution in [2.45, 2.75) is 38.9 Å². The SMILES string of the molecule is C=C(B1OC(C)(C)C(C)(C)O1)c1ccc2ccccc2c1. The van der Waals surface area contributed by atoms with Gasteiger partial charge in [0, 0.05) is 0 Å². The van der Waals surface area contributed by atoms with Crippen molar-refractivity contribution in [3.8, 4) is 0 Å². The highest BCUT2D eigenvalue weighted by molar-refractivity contribution is 6.68. The molecule has 0 radical (unpaired) electrons. The summed E-state index contributed by atoms with van der Waals surface area (Å²) in [5.74, 6) is 0. The Bertz CT molecular complexity index is 687. The van der Waals surface area contributed by atoms with Crippen LogP contribution in [0.2, 0.25) is 0 Å². The average Bonchev–Trinajstić information content (AvgIpc) is 2.66. The lowest BCUT2D eigenvalue weighted by Crippen LogP contribution is -2.41. The van der Waals surface area contributed by atoms with E-state index in [0.717, 1.165) is 11.0 Å². The highest BCUT2D eigenvalue weighted by atomic mass is 16.7. The summed E-state index contributed by atoms with van der Waals surface area (Å²) in [6, 6.07) is 14.6. The van der Waals surface area contributed by atoms with Crippen molar-refractivity contribution in [3.63, 3.8) is 0 Å². The van der Waals surface area contributed by atoms with E-state index in [4.69, 9.17) is 9.31 Å². The van der Waals surface area contributed by atoms with E-state index in [2.05, 4.69) is 64.6 Å². The van der Waals surface area contributed by atoms with E-state index in [-0.39, 0.29) is 11.2 Å². The predicted molar refractivity (Wildman–Crippen MR) is 89.1 cm³/mol. The number of hydrogen-bond donors (Lipinski definition) is 0. The van der Waals surface area contributed by atoms with Crippen LogP contribution in [0, 0.1) is 0 Å². The van der Waals surface area contributed by atoms with Gasteiger partial charge in [0.25, 0.3) is 0 Å². The molecule has 0 aromatic heterocycles. The molecule has 0 saturated carbocycles. The Hall–Kier alpha value is -1.58. The van der Waals surface area contributed by atoms with Crippen LogP contribution in [0.3, 0.4) is 0 Å². The quantitative estimate of drug-likeness (QED) is 0.755. The number of fused-ring (bicyclic) bond motifs is 1. The maximum absolute atomic E-state index is 6.07. The lowest BCUT2D eigenvalue weighted by Gasteiger charge is -2.32. The maximum atomic E-state index is 6.07. The molecule has 3 heteroatoms. The Morgan fingerprint density at radius 1 is 0.905 bits per heavy atom. The minimum atomic E-state index is -0.392. The Morgan fingerprint density at radius 3 is 2.10 bits per heavy atom. The Balaban J connectivity index is 1.91. The summed E-state index contributed by atoms with van der Waals surface area (Å²) < 4.78 is 12.1. The van der Waals surface area contributed by atoms with Crippen molar-refractivity contribution >= 4 is 23.4 Å². The monoisotopic (exact) mass is 280 g/mol. The first-order valence-electron chi connectivity index (χ1n) is 7.34. The Kier molecular flexibility index (Phi) is 3.23. The summed E-state index contributed by atoms with van der Waals surface area (Å²) in [6.45, 7) is 12.4. The molecule has 0 bridgehead atoms. The molecule has 1 aliphatic heterocycles. The molecular weight excluding hydrogens is 259 g/mol. The molecule has 0 unspecified atom stereocenters. The summed E-state index contributed by atoms with van der Waals surface area (Å²) >= 11 is 0. The molecule has 1 saturated heterocycles. The molecule has 2 aromatic rings. The molecule has 1 fully saturated rings. The van der Waals surface area contributed by atoms with Gasteiger partial charge in [-0.15, -0.1) is 0 Å². The van der Waals surface area contributed by atoms with Gasteiger partial charge in [0.2, 0.25) is 0 Å². The molecule has 1 heterocycles. The lowest BCUT2D eigenvalue weighted by atomic mass is 9.75. The largest absolute Gasteiger partial charge is 0.494 e. The molecular formula is C18H21BO2. The van der Waals surface area contributed by atoms with Gasteiger partial charge in [0.05, 0.1) is 11.2 Å². The summed E-state index contributed by atoms with van der Waals surface area (Å²) in [5, 5.41) is 2.43. The smallest absolute Gasteiger partial charge is 0.399 e. The van der Waals surface area contributed by atoms with Crippen LogP contribution < -0.4 is 0 Å². The summed E-state index contributed by atoms with van der Waals surface area (Å²) in [7, 11) is -0.392. The van der Waals surface area contributed by atoms with Gasteiger partial charge in [-0.05, 0) is 55.6 Å². The normalized spacial score (nSPS) is 19.9. The minimum Gasteiger partial charge on any atom is -0.399 e. The number of benzene rings is 2. The molecule has 0 aliphatic carbocycles. The summed E-state index contributed by atoms with van der Waals surface area (Å²) in [4.78, 5) is 0. The highest BCUT2D eigenvalue weighted by Gasteiger charge is 2.52. The van der Waals surface area contributed by atoms with Gasteiger partial charge in [-0.2, -0.15) is 0 Å². The fraction of sp³-hybridized carbons (Fsp3) is 0.333. The van der Waals surface area contributed by atoms with Crippen molar-refractivity contribution < 1.29 is 9.31 Å². The molecule has 0 atom stereocenters. The van der Waals surface area contributed by atoms with Crippen LogP contribution in [0.15, 0.2) is 49.0 Å². The summed E-state index contributed by atoms with van der Waals surface area (Å²) in [5.41, 5.74) is 1.26. The second-order valence-electron chi connectivity index (χ2n) is 6.68. The van der Waals surface area contributed by atoms with Crippen LogP contribution in [0.1, 0.15) is 33.3 Å². The second-order valence-corrected chi connectivity index (χ2v) is 6.68. The minimum absolute atomic E-state index is 0.336. The average molecular weight is 280 g/mol. The van der Waals surface area contributed by atoms with Gasteiger partial charge >= 0.3 is 7.12 Å². The van der Waals surface area contributed by atoms with E-state index in [0.29, 0.717) is 0 Å². The first-order valence-corrected chi connectivity index (χ1v) is 7.34. The van der Waals surface area contributed by atoms with Gasteiger partial charge < -0.3 is 9.31 Å². The molecule has 0 N–H and O–H groups in total. The van der Waals surface area contributed by atoms with E-state index in [1.807, 2.05) is 12.1 Å². The second kappa shape index (κ2) is 4.72. The van der Waals surface area contributed by atoms with Gasteiger partial charge in [0.1, 0.15) is 0 Å². The van der Waals surface area contributed by atoms with Crippen LogP contribution in [-0.2, 0) is 9.31 Å². The number of rotatable bonds is 2. The molecule has 1 aliphatic rings. The molecule has 0 spiro atoms. The van der Waals surface area contributed by atoms with Gasteiger partial charge in [-0.3, -0.25) is 0 Å². The molecule has 108 valence electrons. The van der Waals surface area contributed by atoms with Crippen molar-refractivity contribution in [2.24, 2.45) is 0 Å². The molecule has 3 rings (SSSR count). The van der Waals surface area contributed by atoms with E-state index < -0.39 is 7.12 Å². The molecule has 2 aromatic carbocycles. The third kappa shape index (κ3) is 2.41. The zero-order valence-electron chi connectivity index (χ0n) is 13.1. The first-order chi connectivity index (χ1) is 9.80. The van der Waals surface area contributed by atoms with Gasteiger partial charge in [0.15, 0.2) is 0 Å². The van der Waals surface area contributed by atoms with Crippen LogP contribution in [0.25, 0.3) is 16.2 Å². The van der Waals surface area contributed by atoms with Crippen molar-refractivity contribution in [2.75, 3.05) is 0 Å². The van der Waals surface area contributed by atoms with Crippen LogP contribution in [0.4, 0.5) is 0 Å². The maximum Gasteiger partial charge on any atom is 0.494 e. The lowest BCUT2D eigenvalue weighted by molar-refractivity contribution is 0.00578. The third-order valence-electron chi connectivity index (χ3n) is 4.66. The topological polar surface area (TPSA) is 18.5 Å². The first kappa shape index (κ1) is 14.4. The van der Waals surface area contributed by atoms with Crippen LogP contribution in [0.5, 0.6) is 0 Å². The van der Waals surface area contributed by atoms with Crippen molar-refractivity contribution in [1.82, 2.24) is 0 Å². The molecule has 21 heavy (non-hydrogen) atoms. The molecule has 0 amide bonds. The summed E-state index contributed by atoms with van der Waals surface area (Å²) in [6.07, 6.45) is 0. The van der Waals surface area contributed by atoms with Crippen molar-refractivity contribution in [1.29, 1.82) is 0 Å². The van der Waals surface area contributed by atoms with Crippen LogP contribution in [-0.4, -0.2) is 18.3 Å². The van der Waals surface area contributed by atoms with E-state index >= 15 is 0 Å². The highest BCUT2D eigenvalue weighted by Crippen LogP contribution is 2.40. The van der Waals surface area contributed by atoms with E-state index in [9.17, 15) is 0 Å². The van der Waals surface area contributed by atoms with E-state index in [1.165, 1.54) is 10.8 Å². The molecule has 2 nitrogen and oxygen atoms in total. The third-order valence-corrected chi connectivity index (χ3v) is 4.66. The fourth-order valence-corrected chi connectivity index (χ4v) is 2.51. The van der Waals surface area contributed by atoms with Gasteiger partial charge in [-0.1, -0.05) is 43.0 Å². The zero-order chi connectivity index (χ0) is 15.3. The van der Waals surface area contributed by atoms with Gasteiger partial charge in [-0.25, -0.2) is 0 Å². The van der Waals surface area contributed by atoms with Crippen molar-refractivity contribution in [3.05, 3.63) is 54.6 Å². The number of hydrogen-bond acceptors (Lipinski definition) is 2. The predicted octanol–water partition coefficient (Wildman–Crippen LogP) is 4.48.